The number of hydrogen-bond acceptors (Lipinski definition) is 1. The van der Waals surface area contributed by atoms with Crippen LogP contribution in [0.3, 0.4) is 0 Å². The van der Waals surface area contributed by atoms with E-state index >= 15 is 0 Å². The minimum Gasteiger partial charge on any atom is -0.298 e. The van der Waals surface area contributed by atoms with Crippen LogP contribution in [0.1, 0.15) is 44.9 Å². The van der Waals surface area contributed by atoms with Crippen molar-refractivity contribution in [1.29, 1.82) is 0 Å². The molecule has 1 aliphatic carbocycles. The lowest BCUT2D eigenvalue weighted by atomic mass is 10.1. The van der Waals surface area contributed by atoms with Gasteiger partial charge in [0.25, 0.3) is 0 Å². The fraction of sp³-hybridized carbons (Fsp3) is 0.583. The molecule has 0 aromatic rings. The van der Waals surface area contributed by atoms with Crippen molar-refractivity contribution >= 4 is 6.29 Å². The molecular weight excluding hydrogens is 160 g/mol. The maximum atomic E-state index is 10.6. The van der Waals surface area contributed by atoms with E-state index in [-0.39, 0.29) is 0 Å². The predicted octanol–water partition coefficient (Wildman–Crippen LogP) is 3.41. The van der Waals surface area contributed by atoms with Gasteiger partial charge < -0.3 is 0 Å². The summed E-state index contributed by atoms with van der Waals surface area (Å²) in [6, 6.07) is 0. The molecule has 0 atom stereocenters. The summed E-state index contributed by atoms with van der Waals surface area (Å²) < 4.78 is 0. The number of carbonyl (C=O) groups excluding carboxylic acids is 1. The third kappa shape index (κ3) is 4.66. The molecule has 0 amide bonds. The van der Waals surface area contributed by atoms with E-state index in [4.69, 9.17) is 0 Å². The van der Waals surface area contributed by atoms with Crippen LogP contribution >= 0.6 is 0 Å². The summed E-state index contributed by atoms with van der Waals surface area (Å²) >= 11 is 0. The molecule has 72 valence electrons. The van der Waals surface area contributed by atoms with Gasteiger partial charge in [0.1, 0.15) is 6.29 Å². The third-order valence-corrected chi connectivity index (χ3v) is 2.43. The van der Waals surface area contributed by atoms with Crippen LogP contribution in [0.5, 0.6) is 0 Å². The lowest BCUT2D eigenvalue weighted by molar-refractivity contribution is -0.105. The molecule has 0 saturated carbocycles. The zero-order chi connectivity index (χ0) is 9.36. The van der Waals surface area contributed by atoms with Gasteiger partial charge in [-0.3, -0.25) is 4.79 Å². The smallest absolute Gasteiger partial charge is 0.146 e. The first-order chi connectivity index (χ1) is 6.43. The summed E-state index contributed by atoms with van der Waals surface area (Å²) in [5.74, 6) is 0. The van der Waals surface area contributed by atoms with Gasteiger partial charge in [-0.2, -0.15) is 0 Å². The molecule has 0 bridgehead atoms. The molecule has 1 aliphatic rings. The average molecular weight is 178 g/mol. The number of allylic oxidation sites excluding steroid dienone is 4. The molecular formula is C12H18O. The van der Waals surface area contributed by atoms with Crippen LogP contribution in [0, 0.1) is 0 Å². The van der Waals surface area contributed by atoms with E-state index in [0.29, 0.717) is 0 Å². The van der Waals surface area contributed by atoms with Gasteiger partial charge >= 0.3 is 0 Å². The van der Waals surface area contributed by atoms with E-state index in [1.807, 2.05) is 12.2 Å². The molecule has 0 N–H and O–H groups in total. The van der Waals surface area contributed by atoms with E-state index in [1.165, 1.54) is 32.1 Å². The third-order valence-electron chi connectivity index (χ3n) is 2.43. The van der Waals surface area contributed by atoms with Crippen molar-refractivity contribution in [3.63, 3.8) is 0 Å². The van der Waals surface area contributed by atoms with Gasteiger partial charge in [-0.15, -0.1) is 0 Å². The molecule has 0 heterocycles. The Bertz CT molecular complexity index is 201. The Labute approximate surface area is 80.5 Å². The summed E-state index contributed by atoms with van der Waals surface area (Å²) in [4.78, 5) is 10.6. The molecule has 1 nitrogen and oxygen atoms in total. The Morgan fingerprint density at radius 2 is 1.85 bits per heavy atom. The van der Waals surface area contributed by atoms with Crippen LogP contribution in [0.4, 0.5) is 0 Å². The van der Waals surface area contributed by atoms with Gasteiger partial charge in [-0.1, -0.05) is 37.5 Å². The number of hydrogen-bond donors (Lipinski definition) is 0. The zero-order valence-electron chi connectivity index (χ0n) is 8.17. The highest BCUT2D eigenvalue weighted by Gasteiger charge is 1.96. The van der Waals surface area contributed by atoms with Gasteiger partial charge in [0.2, 0.25) is 0 Å². The Balaban J connectivity index is 2.46. The first-order valence-corrected chi connectivity index (χ1v) is 5.24. The molecule has 1 heteroatoms. The SMILES string of the molecule is O=C/C1=C/C=C/CCCCCCC1. The molecule has 0 aliphatic heterocycles. The molecule has 0 aromatic heterocycles. The minimum atomic E-state index is 0.943. The van der Waals surface area contributed by atoms with Crippen molar-refractivity contribution < 1.29 is 4.79 Å². The van der Waals surface area contributed by atoms with E-state index in [2.05, 4.69) is 6.08 Å². The summed E-state index contributed by atoms with van der Waals surface area (Å²) in [5, 5.41) is 0. The van der Waals surface area contributed by atoms with Gasteiger partial charge in [0.05, 0.1) is 0 Å². The first kappa shape index (κ1) is 10.2. The van der Waals surface area contributed by atoms with E-state index < -0.39 is 0 Å². The second-order valence-corrected chi connectivity index (χ2v) is 3.59. The van der Waals surface area contributed by atoms with E-state index in [0.717, 1.165) is 24.7 Å². The van der Waals surface area contributed by atoms with Gasteiger partial charge in [-0.05, 0) is 31.3 Å². The van der Waals surface area contributed by atoms with Crippen LogP contribution < -0.4 is 0 Å². The molecule has 1 rings (SSSR count). The quantitative estimate of drug-likeness (QED) is 0.562. The molecule has 0 unspecified atom stereocenters. The Kier molecular flexibility index (Phi) is 5.23. The van der Waals surface area contributed by atoms with Gasteiger partial charge in [0.15, 0.2) is 0 Å². The molecule has 0 radical (unpaired) electrons. The highest BCUT2D eigenvalue weighted by molar-refractivity contribution is 5.73. The van der Waals surface area contributed by atoms with Crippen molar-refractivity contribution in [1.82, 2.24) is 0 Å². The second-order valence-electron chi connectivity index (χ2n) is 3.59. The molecule has 0 fully saturated rings. The van der Waals surface area contributed by atoms with Crippen molar-refractivity contribution in [2.24, 2.45) is 0 Å². The fourth-order valence-corrected chi connectivity index (χ4v) is 1.59. The summed E-state index contributed by atoms with van der Waals surface area (Å²) in [6.07, 6.45) is 15.6. The second kappa shape index (κ2) is 6.64. The number of rotatable bonds is 1. The summed E-state index contributed by atoms with van der Waals surface area (Å²) in [7, 11) is 0. The van der Waals surface area contributed by atoms with Crippen molar-refractivity contribution in [2.45, 2.75) is 44.9 Å². The van der Waals surface area contributed by atoms with Crippen LogP contribution in [-0.2, 0) is 4.79 Å². The van der Waals surface area contributed by atoms with Crippen LogP contribution in [0.25, 0.3) is 0 Å². The van der Waals surface area contributed by atoms with Crippen molar-refractivity contribution in [2.75, 3.05) is 0 Å². The minimum absolute atomic E-state index is 0.943. The Morgan fingerprint density at radius 3 is 2.69 bits per heavy atom. The highest BCUT2D eigenvalue weighted by atomic mass is 16.1. The number of carbonyl (C=O) groups is 1. The van der Waals surface area contributed by atoms with E-state index in [9.17, 15) is 4.79 Å². The van der Waals surface area contributed by atoms with Crippen LogP contribution in [-0.4, -0.2) is 6.29 Å². The lowest BCUT2D eigenvalue weighted by Gasteiger charge is -1.99. The van der Waals surface area contributed by atoms with Crippen molar-refractivity contribution in [3.8, 4) is 0 Å². The van der Waals surface area contributed by atoms with Crippen molar-refractivity contribution in [3.05, 3.63) is 23.8 Å². The largest absolute Gasteiger partial charge is 0.298 e. The predicted molar refractivity (Wildman–Crippen MR) is 55.6 cm³/mol. The topological polar surface area (TPSA) is 17.1 Å². The van der Waals surface area contributed by atoms with Crippen LogP contribution in [0.2, 0.25) is 0 Å². The fourth-order valence-electron chi connectivity index (χ4n) is 1.59. The highest BCUT2D eigenvalue weighted by Crippen LogP contribution is 2.12. The molecule has 13 heavy (non-hydrogen) atoms. The zero-order valence-corrected chi connectivity index (χ0v) is 8.17. The summed E-state index contributed by atoms with van der Waals surface area (Å²) in [6.45, 7) is 0. The van der Waals surface area contributed by atoms with Crippen LogP contribution in [0.15, 0.2) is 23.8 Å². The first-order valence-electron chi connectivity index (χ1n) is 5.24. The Morgan fingerprint density at radius 1 is 1.08 bits per heavy atom. The normalized spacial score (nSPS) is 26.6. The van der Waals surface area contributed by atoms with Gasteiger partial charge in [-0.25, -0.2) is 0 Å². The number of aldehydes is 1. The lowest BCUT2D eigenvalue weighted by Crippen LogP contribution is -1.85. The molecule has 0 spiro atoms. The molecule has 0 saturated heterocycles. The standard InChI is InChI=1S/C12H18O/c13-11-12-9-7-5-3-1-2-4-6-8-10-12/h5,7,9,11H,1-4,6,8,10H2/b7-5+,12-9+. The maximum Gasteiger partial charge on any atom is 0.146 e. The van der Waals surface area contributed by atoms with Gasteiger partial charge in [0, 0.05) is 0 Å². The van der Waals surface area contributed by atoms with E-state index in [1.54, 1.807) is 0 Å². The maximum absolute atomic E-state index is 10.6. The summed E-state index contributed by atoms with van der Waals surface area (Å²) in [5.41, 5.74) is 0.943. The molecule has 0 aromatic carbocycles. The average Bonchev–Trinajstić information content (AvgIpc) is 2.22. The monoisotopic (exact) mass is 178 g/mol. The Hall–Kier alpha value is -0.850.